The Morgan fingerprint density at radius 1 is 1.50 bits per heavy atom. The molecule has 1 unspecified atom stereocenters. The maximum atomic E-state index is 5.47. The summed E-state index contributed by atoms with van der Waals surface area (Å²) in [5.41, 5.74) is 6.09. The number of rotatable bonds is 1. The Morgan fingerprint density at radius 2 is 2.36 bits per heavy atom. The topological polar surface area (TPSA) is 55.8 Å². The predicted octanol–water partition coefficient (Wildman–Crippen LogP) is 0.794. The molecule has 22 heavy (non-hydrogen) atoms. The highest BCUT2D eigenvalue weighted by atomic mass is 32.1. The van der Waals surface area contributed by atoms with Crippen LogP contribution < -0.4 is 15.6 Å². The van der Waals surface area contributed by atoms with Crippen LogP contribution in [0, 0.1) is 0 Å². The van der Waals surface area contributed by atoms with Gasteiger partial charge in [0.1, 0.15) is 5.69 Å². The molecule has 0 spiro atoms. The highest BCUT2D eigenvalue weighted by Gasteiger charge is 2.21. The third-order valence-corrected chi connectivity index (χ3v) is 4.45. The molecule has 1 aromatic rings. The Kier molecular flexibility index (Phi) is 4.54. The summed E-state index contributed by atoms with van der Waals surface area (Å²) in [6, 6.07) is 4.48. The molecule has 2 aliphatic rings. The maximum Gasteiger partial charge on any atom is 0.189 e. The van der Waals surface area contributed by atoms with Crippen LogP contribution in [0.2, 0.25) is 0 Å². The lowest BCUT2D eigenvalue weighted by Gasteiger charge is -2.33. The number of aromatic nitrogens is 1. The Hall–Kier alpha value is -1.73. The van der Waals surface area contributed by atoms with Crippen LogP contribution in [0.5, 0.6) is 0 Å². The smallest absolute Gasteiger partial charge is 0.189 e. The van der Waals surface area contributed by atoms with E-state index in [1.54, 1.807) is 0 Å². The molecule has 0 aliphatic carbocycles. The second-order valence-electron chi connectivity index (χ2n) is 5.82. The highest BCUT2D eigenvalue weighted by Crippen LogP contribution is 2.23. The molecule has 1 aromatic heterocycles. The summed E-state index contributed by atoms with van der Waals surface area (Å²) in [5.74, 6) is 0. The zero-order valence-electron chi connectivity index (χ0n) is 13.0. The first-order valence-electron chi connectivity index (χ1n) is 7.66. The Bertz CT molecular complexity index is 587. The number of nitrogens with one attached hydrogen (secondary N) is 2. The molecule has 1 saturated heterocycles. The molecule has 7 heteroatoms. The summed E-state index contributed by atoms with van der Waals surface area (Å²) < 4.78 is 0. The number of fused-ring (bicyclic) bond motifs is 1. The normalized spacial score (nSPS) is 23.4. The number of nitrogens with zero attached hydrogens (tertiary/aromatic N) is 4. The summed E-state index contributed by atoms with van der Waals surface area (Å²) >= 11 is 5.47. The van der Waals surface area contributed by atoms with Gasteiger partial charge in [0, 0.05) is 51.9 Å². The van der Waals surface area contributed by atoms with Crippen molar-refractivity contribution in [2.24, 2.45) is 5.10 Å². The summed E-state index contributed by atoms with van der Waals surface area (Å²) in [5, 5.41) is 8.63. The molecule has 1 atom stereocenters. The van der Waals surface area contributed by atoms with E-state index in [0.29, 0.717) is 11.2 Å². The molecule has 6 nitrogen and oxygen atoms in total. The lowest BCUT2D eigenvalue weighted by molar-refractivity contribution is 0.301. The minimum Gasteiger partial charge on any atom is -0.372 e. The van der Waals surface area contributed by atoms with Gasteiger partial charge in [0.15, 0.2) is 5.11 Å². The van der Waals surface area contributed by atoms with Gasteiger partial charge in [-0.3, -0.25) is 10.4 Å². The Morgan fingerprint density at radius 3 is 3.18 bits per heavy atom. The van der Waals surface area contributed by atoms with E-state index in [1.165, 1.54) is 0 Å². The average molecular weight is 318 g/mol. The molecule has 3 rings (SSSR count). The summed E-state index contributed by atoms with van der Waals surface area (Å²) in [6.45, 7) is 5.88. The largest absolute Gasteiger partial charge is 0.372 e. The number of thiocarbonyl (C=S) groups is 1. The van der Waals surface area contributed by atoms with Crippen molar-refractivity contribution in [3.63, 3.8) is 0 Å². The van der Waals surface area contributed by atoms with Crippen LogP contribution in [0.15, 0.2) is 23.4 Å². The average Bonchev–Trinajstić information content (AvgIpc) is 2.54. The zero-order valence-corrected chi connectivity index (χ0v) is 13.9. The second-order valence-corrected chi connectivity index (χ2v) is 6.21. The first-order chi connectivity index (χ1) is 10.6. The van der Waals surface area contributed by atoms with Crippen molar-refractivity contribution in [2.45, 2.75) is 19.4 Å². The van der Waals surface area contributed by atoms with E-state index >= 15 is 0 Å². The molecule has 3 heterocycles. The van der Waals surface area contributed by atoms with Gasteiger partial charge in [0.05, 0.1) is 11.4 Å². The minimum absolute atomic E-state index is 0.451. The first kappa shape index (κ1) is 15.2. The van der Waals surface area contributed by atoms with Gasteiger partial charge in [-0.05, 0) is 31.3 Å². The number of piperazine rings is 1. The number of pyridine rings is 1. The standard InChI is InChI=1S/C15H22N6S/c1-11-10-21(9-7-16-11)15(22)19-18-12-5-8-20(2)13-4-3-6-17-14(12)13/h3-4,6,11,16H,5,7-10H2,1-2H3,(H,19,22)/b18-12-. The van der Waals surface area contributed by atoms with Crippen molar-refractivity contribution >= 4 is 28.7 Å². The van der Waals surface area contributed by atoms with Crippen molar-refractivity contribution in [1.82, 2.24) is 20.6 Å². The molecular weight excluding hydrogens is 296 g/mol. The van der Waals surface area contributed by atoms with Gasteiger partial charge in [0.25, 0.3) is 0 Å². The molecule has 118 valence electrons. The third-order valence-electron chi connectivity index (χ3n) is 4.10. The summed E-state index contributed by atoms with van der Waals surface area (Å²) in [7, 11) is 2.08. The zero-order chi connectivity index (χ0) is 15.5. The summed E-state index contributed by atoms with van der Waals surface area (Å²) in [6.07, 6.45) is 2.68. The van der Waals surface area contributed by atoms with Gasteiger partial charge in [-0.2, -0.15) is 5.10 Å². The summed E-state index contributed by atoms with van der Waals surface area (Å²) in [4.78, 5) is 8.84. The van der Waals surface area contributed by atoms with Gasteiger partial charge < -0.3 is 15.1 Å². The fraction of sp³-hybridized carbons (Fsp3) is 0.533. The molecule has 0 aromatic carbocycles. The van der Waals surface area contributed by atoms with E-state index < -0.39 is 0 Å². The van der Waals surface area contributed by atoms with Gasteiger partial charge >= 0.3 is 0 Å². The molecule has 0 saturated carbocycles. The fourth-order valence-corrected chi connectivity index (χ4v) is 3.06. The monoisotopic (exact) mass is 318 g/mol. The van der Waals surface area contributed by atoms with E-state index in [9.17, 15) is 0 Å². The van der Waals surface area contributed by atoms with Crippen LogP contribution in [-0.2, 0) is 0 Å². The molecule has 2 aliphatic heterocycles. The molecule has 0 amide bonds. The number of anilines is 1. The molecule has 0 radical (unpaired) electrons. The van der Waals surface area contributed by atoms with E-state index in [1.807, 2.05) is 12.3 Å². The van der Waals surface area contributed by atoms with Crippen LogP contribution >= 0.6 is 12.2 Å². The highest BCUT2D eigenvalue weighted by molar-refractivity contribution is 7.80. The number of hydrogen-bond donors (Lipinski definition) is 2. The molecular formula is C15H22N6S. The first-order valence-corrected chi connectivity index (χ1v) is 8.07. The Labute approximate surface area is 136 Å². The van der Waals surface area contributed by atoms with Crippen molar-refractivity contribution in [3.8, 4) is 0 Å². The van der Waals surface area contributed by atoms with Crippen LogP contribution in [0.4, 0.5) is 5.69 Å². The Balaban J connectivity index is 1.71. The molecule has 2 N–H and O–H groups in total. The SMILES string of the molecule is CC1CN(C(=S)N/N=C2/CCN(C)c3cccnc32)CCN1. The van der Waals surface area contributed by atoms with Crippen LogP contribution in [0.25, 0.3) is 0 Å². The maximum absolute atomic E-state index is 5.47. The van der Waals surface area contributed by atoms with Crippen molar-refractivity contribution in [1.29, 1.82) is 0 Å². The second kappa shape index (κ2) is 6.58. The number of hydrogen-bond acceptors (Lipinski definition) is 5. The molecule has 0 bridgehead atoms. The van der Waals surface area contributed by atoms with Gasteiger partial charge in [-0.1, -0.05) is 0 Å². The van der Waals surface area contributed by atoms with Crippen molar-refractivity contribution in [3.05, 3.63) is 24.0 Å². The number of hydrazone groups is 1. The third kappa shape index (κ3) is 3.20. The lowest BCUT2D eigenvalue weighted by atomic mass is 10.1. The van der Waals surface area contributed by atoms with Crippen LogP contribution in [0.3, 0.4) is 0 Å². The van der Waals surface area contributed by atoms with Gasteiger partial charge in [-0.15, -0.1) is 0 Å². The fourth-order valence-electron chi connectivity index (χ4n) is 2.85. The quantitative estimate of drug-likeness (QED) is 0.590. The van der Waals surface area contributed by atoms with Crippen molar-refractivity contribution in [2.75, 3.05) is 38.1 Å². The molecule has 1 fully saturated rings. The van der Waals surface area contributed by atoms with Crippen LogP contribution in [-0.4, -0.2) is 60.0 Å². The van der Waals surface area contributed by atoms with Gasteiger partial charge in [0.2, 0.25) is 0 Å². The van der Waals surface area contributed by atoms with Crippen LogP contribution in [0.1, 0.15) is 19.0 Å². The van der Waals surface area contributed by atoms with Crippen molar-refractivity contribution < 1.29 is 0 Å². The van der Waals surface area contributed by atoms with E-state index in [4.69, 9.17) is 12.2 Å². The predicted molar refractivity (Wildman–Crippen MR) is 93.4 cm³/mol. The van der Waals surface area contributed by atoms with E-state index in [0.717, 1.165) is 49.7 Å². The van der Waals surface area contributed by atoms with E-state index in [-0.39, 0.29) is 0 Å². The van der Waals surface area contributed by atoms with E-state index in [2.05, 4.69) is 50.7 Å². The lowest BCUT2D eigenvalue weighted by Crippen LogP contribution is -2.53. The van der Waals surface area contributed by atoms with Gasteiger partial charge in [-0.25, -0.2) is 0 Å². The minimum atomic E-state index is 0.451.